The molecular weight excluding hydrogens is 340 g/mol. The highest BCUT2D eigenvalue weighted by atomic mass is 79.9. The molecule has 0 aliphatic heterocycles. The van der Waals surface area contributed by atoms with Crippen LogP contribution in [-0.4, -0.2) is 8.42 Å². The highest BCUT2D eigenvalue weighted by Gasteiger charge is 2.18. The predicted molar refractivity (Wildman–Crippen MR) is 84.0 cm³/mol. The molecule has 0 unspecified atom stereocenters. The molecule has 0 saturated heterocycles. The second-order valence-electron chi connectivity index (χ2n) is 4.38. The van der Waals surface area contributed by atoms with Crippen molar-refractivity contribution in [2.75, 3.05) is 4.72 Å². The zero-order valence-corrected chi connectivity index (χ0v) is 13.3. The van der Waals surface area contributed by atoms with Crippen LogP contribution in [0, 0.1) is 6.92 Å². The Hall–Kier alpha value is -1.37. The lowest BCUT2D eigenvalue weighted by Crippen LogP contribution is -2.16. The van der Waals surface area contributed by atoms with Gasteiger partial charge in [0.1, 0.15) is 0 Å². The van der Waals surface area contributed by atoms with Gasteiger partial charge in [0.05, 0.1) is 10.6 Å². The van der Waals surface area contributed by atoms with Crippen molar-refractivity contribution in [2.24, 2.45) is 5.73 Å². The first-order valence-electron chi connectivity index (χ1n) is 6.01. The van der Waals surface area contributed by atoms with Crippen LogP contribution < -0.4 is 10.5 Å². The van der Waals surface area contributed by atoms with Gasteiger partial charge in [-0.25, -0.2) is 8.42 Å². The summed E-state index contributed by atoms with van der Waals surface area (Å²) < 4.78 is 28.4. The lowest BCUT2D eigenvalue weighted by atomic mass is 10.2. The molecule has 20 heavy (non-hydrogen) atoms. The maximum absolute atomic E-state index is 12.4. The average Bonchev–Trinajstić information content (AvgIpc) is 2.42. The van der Waals surface area contributed by atoms with Gasteiger partial charge in [0.2, 0.25) is 0 Å². The first kappa shape index (κ1) is 15.0. The summed E-state index contributed by atoms with van der Waals surface area (Å²) in [5, 5.41) is 0. The highest BCUT2D eigenvalue weighted by Crippen LogP contribution is 2.24. The smallest absolute Gasteiger partial charge is 0.262 e. The number of aryl methyl sites for hydroxylation is 1. The van der Waals surface area contributed by atoms with Crippen molar-refractivity contribution >= 4 is 31.6 Å². The van der Waals surface area contributed by atoms with E-state index in [1.165, 1.54) is 0 Å². The molecule has 2 aromatic carbocycles. The van der Waals surface area contributed by atoms with Crippen LogP contribution in [0.25, 0.3) is 0 Å². The van der Waals surface area contributed by atoms with Crippen molar-refractivity contribution in [3.8, 4) is 0 Å². The van der Waals surface area contributed by atoms with Crippen LogP contribution in [0.3, 0.4) is 0 Å². The van der Waals surface area contributed by atoms with Crippen molar-refractivity contribution in [1.82, 2.24) is 0 Å². The highest BCUT2D eigenvalue weighted by molar-refractivity contribution is 9.10. The second-order valence-corrected chi connectivity index (χ2v) is 6.94. The van der Waals surface area contributed by atoms with Gasteiger partial charge >= 0.3 is 0 Å². The number of nitrogens with two attached hydrogens (primary N) is 1. The molecular formula is C14H15BrN2O2S. The number of anilines is 1. The maximum Gasteiger partial charge on any atom is 0.262 e. The molecule has 0 saturated carbocycles. The van der Waals surface area contributed by atoms with Gasteiger partial charge in [-0.05, 0) is 42.3 Å². The van der Waals surface area contributed by atoms with Crippen LogP contribution in [0.5, 0.6) is 0 Å². The summed E-state index contributed by atoms with van der Waals surface area (Å²) in [6, 6.07) is 12.1. The average molecular weight is 355 g/mol. The van der Waals surface area contributed by atoms with Crippen molar-refractivity contribution in [3.05, 3.63) is 58.1 Å². The SMILES string of the molecule is Cc1cc(Br)ccc1NS(=O)(=O)c1ccccc1CN. The molecule has 6 heteroatoms. The molecule has 2 aromatic rings. The van der Waals surface area contributed by atoms with Gasteiger partial charge in [0.25, 0.3) is 10.0 Å². The van der Waals surface area contributed by atoms with E-state index in [0.717, 1.165) is 10.0 Å². The Morgan fingerprint density at radius 2 is 1.90 bits per heavy atom. The summed E-state index contributed by atoms with van der Waals surface area (Å²) in [6.45, 7) is 2.02. The minimum absolute atomic E-state index is 0.177. The number of sulfonamides is 1. The Balaban J connectivity index is 2.41. The second kappa shape index (κ2) is 5.95. The molecule has 0 heterocycles. The van der Waals surface area contributed by atoms with Crippen molar-refractivity contribution in [1.29, 1.82) is 0 Å². The number of halogens is 1. The topological polar surface area (TPSA) is 72.2 Å². The van der Waals surface area contributed by atoms with E-state index in [1.807, 2.05) is 13.0 Å². The Morgan fingerprint density at radius 1 is 1.20 bits per heavy atom. The van der Waals surface area contributed by atoms with Crippen LogP contribution in [0.15, 0.2) is 51.8 Å². The molecule has 0 bridgehead atoms. The van der Waals surface area contributed by atoms with Gasteiger partial charge in [-0.15, -0.1) is 0 Å². The molecule has 106 valence electrons. The first-order chi connectivity index (χ1) is 9.44. The molecule has 3 N–H and O–H groups in total. The molecule has 0 fully saturated rings. The van der Waals surface area contributed by atoms with E-state index in [1.54, 1.807) is 36.4 Å². The predicted octanol–water partition coefficient (Wildman–Crippen LogP) is 3.02. The Morgan fingerprint density at radius 3 is 2.55 bits per heavy atom. The Kier molecular flexibility index (Phi) is 4.47. The lowest BCUT2D eigenvalue weighted by molar-refractivity contribution is 0.600. The quantitative estimate of drug-likeness (QED) is 0.886. The molecule has 0 aliphatic rings. The third-order valence-electron chi connectivity index (χ3n) is 2.91. The van der Waals surface area contributed by atoms with Crippen LogP contribution in [0.1, 0.15) is 11.1 Å². The minimum atomic E-state index is -3.64. The zero-order valence-electron chi connectivity index (χ0n) is 10.9. The molecule has 0 radical (unpaired) electrons. The lowest BCUT2D eigenvalue weighted by Gasteiger charge is -2.13. The third kappa shape index (κ3) is 3.20. The van der Waals surface area contributed by atoms with Gasteiger partial charge in [0, 0.05) is 11.0 Å². The number of hydrogen-bond acceptors (Lipinski definition) is 3. The van der Waals surface area contributed by atoms with E-state index < -0.39 is 10.0 Å². The maximum atomic E-state index is 12.4. The summed E-state index contributed by atoms with van der Waals surface area (Å²) in [7, 11) is -3.64. The monoisotopic (exact) mass is 354 g/mol. The largest absolute Gasteiger partial charge is 0.326 e. The summed E-state index contributed by atoms with van der Waals surface area (Å²) in [6.07, 6.45) is 0. The van der Waals surface area contributed by atoms with Gasteiger partial charge in [-0.2, -0.15) is 0 Å². The number of rotatable bonds is 4. The molecule has 0 aromatic heterocycles. The fourth-order valence-corrected chi connectivity index (χ4v) is 3.73. The van der Waals surface area contributed by atoms with E-state index >= 15 is 0 Å². The molecule has 0 atom stereocenters. The standard InChI is InChI=1S/C14H15BrN2O2S/c1-10-8-12(15)6-7-13(10)17-20(18,19)14-5-3-2-4-11(14)9-16/h2-8,17H,9,16H2,1H3. The first-order valence-corrected chi connectivity index (χ1v) is 8.28. The van der Waals surface area contributed by atoms with E-state index in [4.69, 9.17) is 5.73 Å². The summed E-state index contributed by atoms with van der Waals surface area (Å²) >= 11 is 3.35. The normalized spacial score (nSPS) is 11.3. The Bertz CT molecular complexity index is 730. The molecule has 0 aliphatic carbocycles. The van der Waals surface area contributed by atoms with E-state index in [0.29, 0.717) is 11.3 Å². The van der Waals surface area contributed by atoms with E-state index in [2.05, 4.69) is 20.7 Å². The Labute approximate surface area is 127 Å². The van der Waals surface area contributed by atoms with Crippen LogP contribution >= 0.6 is 15.9 Å². The zero-order chi connectivity index (χ0) is 14.8. The van der Waals surface area contributed by atoms with Gasteiger partial charge in [-0.3, -0.25) is 4.72 Å². The molecule has 2 rings (SSSR count). The summed E-state index contributed by atoms with van der Waals surface area (Å²) in [5.74, 6) is 0. The van der Waals surface area contributed by atoms with Crippen LogP contribution in [0.4, 0.5) is 5.69 Å². The van der Waals surface area contributed by atoms with E-state index in [-0.39, 0.29) is 11.4 Å². The summed E-state index contributed by atoms with van der Waals surface area (Å²) in [5.41, 5.74) is 7.58. The fraction of sp³-hybridized carbons (Fsp3) is 0.143. The molecule has 4 nitrogen and oxygen atoms in total. The minimum Gasteiger partial charge on any atom is -0.326 e. The fourth-order valence-electron chi connectivity index (χ4n) is 1.88. The third-order valence-corrected chi connectivity index (χ3v) is 4.87. The number of nitrogens with one attached hydrogen (secondary N) is 1. The van der Waals surface area contributed by atoms with Gasteiger partial charge in [-0.1, -0.05) is 34.1 Å². The van der Waals surface area contributed by atoms with Crippen LogP contribution in [-0.2, 0) is 16.6 Å². The number of hydrogen-bond donors (Lipinski definition) is 2. The van der Waals surface area contributed by atoms with Crippen molar-refractivity contribution in [2.45, 2.75) is 18.4 Å². The van der Waals surface area contributed by atoms with Crippen LogP contribution in [0.2, 0.25) is 0 Å². The van der Waals surface area contributed by atoms with Gasteiger partial charge in [0.15, 0.2) is 0 Å². The summed E-state index contributed by atoms with van der Waals surface area (Å²) in [4.78, 5) is 0.213. The van der Waals surface area contributed by atoms with Crippen molar-refractivity contribution < 1.29 is 8.42 Å². The molecule has 0 amide bonds. The van der Waals surface area contributed by atoms with Gasteiger partial charge < -0.3 is 5.73 Å². The van der Waals surface area contributed by atoms with Crippen molar-refractivity contribution in [3.63, 3.8) is 0 Å². The molecule has 0 spiro atoms. The van der Waals surface area contributed by atoms with E-state index in [9.17, 15) is 8.42 Å². The number of benzene rings is 2.